The van der Waals surface area contributed by atoms with Crippen molar-refractivity contribution in [1.29, 1.82) is 0 Å². The number of benzene rings is 1. The highest BCUT2D eigenvalue weighted by Crippen LogP contribution is 2.17. The maximum Gasteiger partial charge on any atom is 0.151 e. The Kier molecular flexibility index (Phi) is 4.30. The summed E-state index contributed by atoms with van der Waals surface area (Å²) in [6.07, 6.45) is 1.69. The molecule has 2 rings (SSSR count). The highest BCUT2D eigenvalue weighted by atomic mass is 35.5. The number of rotatable bonds is 3. The largest absolute Gasteiger partial charge is 0.309 e. The lowest BCUT2D eigenvalue weighted by Gasteiger charge is -2.23. The normalized spacial score (nSPS) is 22.9. The smallest absolute Gasteiger partial charge is 0.151 e. The topological polar surface area (TPSA) is 46.2 Å². The van der Waals surface area contributed by atoms with Crippen LogP contribution < -0.4 is 5.32 Å². The number of nitrogens with one attached hydrogen (secondary N) is 1. The van der Waals surface area contributed by atoms with E-state index in [9.17, 15) is 8.42 Å². The van der Waals surface area contributed by atoms with E-state index in [0.29, 0.717) is 12.3 Å². The maximum atomic E-state index is 11.5. The van der Waals surface area contributed by atoms with Crippen LogP contribution in [0.4, 0.5) is 0 Å². The van der Waals surface area contributed by atoms with Gasteiger partial charge in [-0.1, -0.05) is 23.7 Å². The van der Waals surface area contributed by atoms with Crippen molar-refractivity contribution in [3.05, 3.63) is 34.3 Å². The lowest BCUT2D eigenvalue weighted by atomic mass is 10.1. The number of hydrogen-bond donors (Lipinski definition) is 1. The number of hydrogen-bond acceptors (Lipinski definition) is 3. The van der Waals surface area contributed by atoms with Gasteiger partial charge in [0.05, 0.1) is 11.5 Å². The van der Waals surface area contributed by atoms with Crippen LogP contribution in [0.5, 0.6) is 0 Å². The van der Waals surface area contributed by atoms with Crippen molar-refractivity contribution in [2.24, 2.45) is 0 Å². The fourth-order valence-electron chi connectivity index (χ4n) is 2.19. The molecule has 1 aromatic carbocycles. The molecule has 100 valence electrons. The molecule has 1 fully saturated rings. The van der Waals surface area contributed by atoms with Gasteiger partial charge < -0.3 is 5.32 Å². The molecule has 0 radical (unpaired) electrons. The van der Waals surface area contributed by atoms with E-state index in [2.05, 4.69) is 5.32 Å². The molecule has 0 aromatic heterocycles. The van der Waals surface area contributed by atoms with E-state index in [4.69, 9.17) is 11.6 Å². The van der Waals surface area contributed by atoms with Gasteiger partial charge in [0.15, 0.2) is 9.84 Å². The average Bonchev–Trinajstić information content (AvgIpc) is 2.29. The Morgan fingerprint density at radius 1 is 1.44 bits per heavy atom. The summed E-state index contributed by atoms with van der Waals surface area (Å²) in [4.78, 5) is 0. The molecule has 1 heterocycles. The van der Waals surface area contributed by atoms with Gasteiger partial charge in [-0.15, -0.1) is 0 Å². The number of sulfone groups is 1. The Morgan fingerprint density at radius 3 is 2.89 bits per heavy atom. The molecule has 0 spiro atoms. The van der Waals surface area contributed by atoms with Crippen molar-refractivity contribution >= 4 is 21.4 Å². The fourth-order valence-corrected chi connectivity index (χ4v) is 4.07. The Hall–Kier alpha value is -0.580. The van der Waals surface area contributed by atoms with Crippen molar-refractivity contribution in [2.75, 3.05) is 11.5 Å². The third-order valence-electron chi connectivity index (χ3n) is 3.29. The van der Waals surface area contributed by atoms with E-state index in [1.54, 1.807) is 0 Å². The van der Waals surface area contributed by atoms with Gasteiger partial charge in [-0.05, 0) is 37.0 Å². The zero-order chi connectivity index (χ0) is 13.2. The summed E-state index contributed by atoms with van der Waals surface area (Å²) >= 11 is 6.06. The first kappa shape index (κ1) is 13.8. The van der Waals surface area contributed by atoms with E-state index >= 15 is 0 Å². The SMILES string of the molecule is Cc1ccc(CNC2CCCS(=O)(=O)C2)cc1Cl. The highest BCUT2D eigenvalue weighted by molar-refractivity contribution is 7.91. The third kappa shape index (κ3) is 3.70. The predicted molar refractivity (Wildman–Crippen MR) is 74.7 cm³/mol. The lowest BCUT2D eigenvalue weighted by Crippen LogP contribution is -2.39. The summed E-state index contributed by atoms with van der Waals surface area (Å²) in [6.45, 7) is 2.63. The van der Waals surface area contributed by atoms with Crippen LogP contribution in [-0.2, 0) is 16.4 Å². The molecular formula is C13H18ClNO2S. The first-order chi connectivity index (χ1) is 8.46. The van der Waals surface area contributed by atoms with Gasteiger partial charge in [0.1, 0.15) is 0 Å². The molecule has 0 amide bonds. The van der Waals surface area contributed by atoms with Crippen molar-refractivity contribution in [1.82, 2.24) is 5.32 Å². The molecule has 1 aromatic rings. The second-order valence-electron chi connectivity index (χ2n) is 4.92. The molecule has 1 unspecified atom stereocenters. The molecule has 0 saturated carbocycles. The second kappa shape index (κ2) is 5.59. The molecule has 0 bridgehead atoms. The Balaban J connectivity index is 1.93. The monoisotopic (exact) mass is 287 g/mol. The lowest BCUT2D eigenvalue weighted by molar-refractivity contribution is 0.480. The zero-order valence-electron chi connectivity index (χ0n) is 10.4. The summed E-state index contributed by atoms with van der Waals surface area (Å²) in [5.74, 6) is 0.591. The van der Waals surface area contributed by atoms with E-state index in [-0.39, 0.29) is 11.8 Å². The van der Waals surface area contributed by atoms with Gasteiger partial charge in [0, 0.05) is 17.6 Å². The van der Waals surface area contributed by atoms with Gasteiger partial charge in [-0.25, -0.2) is 8.42 Å². The maximum absolute atomic E-state index is 11.5. The van der Waals surface area contributed by atoms with E-state index in [1.807, 2.05) is 25.1 Å². The van der Waals surface area contributed by atoms with Crippen LogP contribution in [0.2, 0.25) is 5.02 Å². The molecule has 0 aliphatic carbocycles. The number of halogens is 1. The molecule has 18 heavy (non-hydrogen) atoms. The summed E-state index contributed by atoms with van der Waals surface area (Å²) in [5.41, 5.74) is 2.15. The third-order valence-corrected chi connectivity index (χ3v) is 5.52. The van der Waals surface area contributed by atoms with Crippen LogP contribution in [0.3, 0.4) is 0 Å². The quantitative estimate of drug-likeness (QED) is 0.928. The molecule has 1 atom stereocenters. The first-order valence-electron chi connectivity index (χ1n) is 6.15. The minimum atomic E-state index is -2.84. The van der Waals surface area contributed by atoms with Crippen molar-refractivity contribution in [2.45, 2.75) is 32.4 Å². The summed E-state index contributed by atoms with van der Waals surface area (Å²) < 4.78 is 23.0. The van der Waals surface area contributed by atoms with E-state index in [0.717, 1.165) is 29.0 Å². The number of aryl methyl sites for hydroxylation is 1. The van der Waals surface area contributed by atoms with Gasteiger partial charge >= 0.3 is 0 Å². The van der Waals surface area contributed by atoms with Gasteiger partial charge in [0.25, 0.3) is 0 Å². The van der Waals surface area contributed by atoms with Gasteiger partial charge in [-0.3, -0.25) is 0 Å². The van der Waals surface area contributed by atoms with Gasteiger partial charge in [0.2, 0.25) is 0 Å². The fraction of sp³-hybridized carbons (Fsp3) is 0.538. The molecule has 3 nitrogen and oxygen atoms in total. The highest BCUT2D eigenvalue weighted by Gasteiger charge is 2.24. The van der Waals surface area contributed by atoms with Crippen LogP contribution in [0.25, 0.3) is 0 Å². The predicted octanol–water partition coefficient (Wildman–Crippen LogP) is 2.32. The van der Waals surface area contributed by atoms with Crippen molar-refractivity contribution in [3.8, 4) is 0 Å². The minimum absolute atomic E-state index is 0.0730. The second-order valence-corrected chi connectivity index (χ2v) is 7.55. The first-order valence-corrected chi connectivity index (χ1v) is 8.35. The minimum Gasteiger partial charge on any atom is -0.309 e. The molecule has 5 heteroatoms. The van der Waals surface area contributed by atoms with E-state index < -0.39 is 9.84 Å². The van der Waals surface area contributed by atoms with Crippen LogP contribution in [0.15, 0.2) is 18.2 Å². The van der Waals surface area contributed by atoms with E-state index in [1.165, 1.54) is 0 Å². The molecule has 1 aliphatic heterocycles. The Labute approximate surface area is 113 Å². The van der Waals surface area contributed by atoms with Crippen LogP contribution in [0, 0.1) is 6.92 Å². The van der Waals surface area contributed by atoms with Gasteiger partial charge in [-0.2, -0.15) is 0 Å². The molecular weight excluding hydrogens is 270 g/mol. The Morgan fingerprint density at radius 2 is 2.22 bits per heavy atom. The average molecular weight is 288 g/mol. The summed E-state index contributed by atoms with van der Waals surface area (Å²) in [6, 6.07) is 6.01. The van der Waals surface area contributed by atoms with Crippen molar-refractivity contribution in [3.63, 3.8) is 0 Å². The summed E-state index contributed by atoms with van der Waals surface area (Å²) in [5, 5.41) is 4.06. The molecule has 1 N–H and O–H groups in total. The van der Waals surface area contributed by atoms with Crippen molar-refractivity contribution < 1.29 is 8.42 Å². The van der Waals surface area contributed by atoms with Crippen LogP contribution in [-0.4, -0.2) is 26.0 Å². The summed E-state index contributed by atoms with van der Waals surface area (Å²) in [7, 11) is -2.84. The zero-order valence-corrected chi connectivity index (χ0v) is 12.0. The van der Waals surface area contributed by atoms with Crippen LogP contribution in [0.1, 0.15) is 24.0 Å². The molecule has 1 aliphatic rings. The van der Waals surface area contributed by atoms with Crippen LogP contribution >= 0.6 is 11.6 Å². The Bertz CT molecular complexity index is 528. The molecule has 1 saturated heterocycles. The standard InChI is InChI=1S/C13H18ClNO2S/c1-10-4-5-11(7-13(10)14)8-15-12-3-2-6-18(16,17)9-12/h4-5,7,12,15H,2-3,6,8-9H2,1H3.